The number of hydrogen-bond acceptors (Lipinski definition) is 2. The van der Waals surface area contributed by atoms with Crippen molar-refractivity contribution in [2.24, 2.45) is 0 Å². The maximum atomic E-state index is 5.54. The van der Waals surface area contributed by atoms with E-state index in [0.29, 0.717) is 12.6 Å². The van der Waals surface area contributed by atoms with Crippen LogP contribution in [0.4, 0.5) is 0 Å². The van der Waals surface area contributed by atoms with E-state index in [1.165, 1.54) is 0 Å². The summed E-state index contributed by atoms with van der Waals surface area (Å²) < 4.78 is 5.54. The molecule has 16 heavy (non-hydrogen) atoms. The minimum atomic E-state index is 0.520. The Kier molecular flexibility index (Phi) is 5.65. The van der Waals surface area contributed by atoms with Crippen LogP contribution in [0.2, 0.25) is 0 Å². The molecule has 0 amide bonds. The van der Waals surface area contributed by atoms with Crippen molar-refractivity contribution in [2.45, 2.75) is 26.8 Å². The zero-order valence-electron chi connectivity index (χ0n) is 10.4. The zero-order valence-corrected chi connectivity index (χ0v) is 10.4. The van der Waals surface area contributed by atoms with Gasteiger partial charge < -0.3 is 10.1 Å². The van der Waals surface area contributed by atoms with E-state index in [0.717, 1.165) is 17.9 Å². The van der Waals surface area contributed by atoms with Crippen molar-refractivity contribution in [3.8, 4) is 5.75 Å². The van der Waals surface area contributed by atoms with Gasteiger partial charge in [0.05, 0.1) is 6.61 Å². The van der Waals surface area contributed by atoms with Crippen molar-refractivity contribution < 1.29 is 4.74 Å². The summed E-state index contributed by atoms with van der Waals surface area (Å²) in [4.78, 5) is 0. The number of ether oxygens (including phenoxy) is 1. The fraction of sp³-hybridized carbons (Fsp3) is 0.429. The quantitative estimate of drug-likeness (QED) is 0.793. The number of rotatable bonds is 6. The van der Waals surface area contributed by atoms with Gasteiger partial charge in [0.15, 0.2) is 0 Å². The first kappa shape index (κ1) is 12.8. The highest BCUT2D eigenvalue weighted by Crippen LogP contribution is 2.18. The average Bonchev–Trinajstić information content (AvgIpc) is 2.26. The fourth-order valence-electron chi connectivity index (χ4n) is 1.39. The summed E-state index contributed by atoms with van der Waals surface area (Å²) in [5.41, 5.74) is 1.13. The number of hydrogen-bond donors (Lipinski definition) is 1. The van der Waals surface area contributed by atoms with Crippen LogP contribution in [-0.4, -0.2) is 19.2 Å². The molecule has 0 spiro atoms. The smallest absolute Gasteiger partial charge is 0.126 e. The molecule has 1 N–H and O–H groups in total. The molecule has 2 nitrogen and oxygen atoms in total. The zero-order chi connectivity index (χ0) is 11.8. The van der Waals surface area contributed by atoms with Crippen LogP contribution in [0.5, 0.6) is 5.75 Å². The van der Waals surface area contributed by atoms with E-state index in [2.05, 4.69) is 37.4 Å². The second kappa shape index (κ2) is 7.07. The van der Waals surface area contributed by atoms with Gasteiger partial charge in [0.1, 0.15) is 5.75 Å². The third-order valence-corrected chi connectivity index (χ3v) is 2.16. The van der Waals surface area contributed by atoms with E-state index < -0.39 is 0 Å². The molecule has 0 unspecified atom stereocenters. The van der Waals surface area contributed by atoms with Crippen molar-refractivity contribution in [3.63, 3.8) is 0 Å². The average molecular weight is 219 g/mol. The maximum Gasteiger partial charge on any atom is 0.126 e. The minimum Gasteiger partial charge on any atom is -0.493 e. The summed E-state index contributed by atoms with van der Waals surface area (Å²) in [6.45, 7) is 7.87. The van der Waals surface area contributed by atoms with Crippen LogP contribution in [0.3, 0.4) is 0 Å². The molecule has 0 aliphatic carbocycles. The normalized spacial score (nSPS) is 11.2. The number of benzene rings is 1. The summed E-state index contributed by atoms with van der Waals surface area (Å²) in [7, 11) is 0. The first-order valence-corrected chi connectivity index (χ1v) is 5.85. The van der Waals surface area contributed by atoms with Crippen LogP contribution in [0.15, 0.2) is 30.3 Å². The Balaban J connectivity index is 2.58. The summed E-state index contributed by atoms with van der Waals surface area (Å²) in [5, 5.41) is 3.34. The molecule has 0 atom stereocenters. The minimum absolute atomic E-state index is 0.520. The first-order valence-electron chi connectivity index (χ1n) is 5.85. The first-order chi connectivity index (χ1) is 7.74. The second-order valence-electron chi connectivity index (χ2n) is 3.94. The topological polar surface area (TPSA) is 21.3 Å². The Morgan fingerprint density at radius 3 is 2.75 bits per heavy atom. The molecule has 2 heteroatoms. The second-order valence-corrected chi connectivity index (χ2v) is 3.94. The third kappa shape index (κ3) is 4.49. The molecule has 0 saturated carbocycles. The maximum absolute atomic E-state index is 5.54. The SMILES string of the molecule is CCOc1ccccc1C=CCNC(C)C. The van der Waals surface area contributed by atoms with E-state index in [1.807, 2.05) is 25.1 Å². The molecule has 1 aromatic carbocycles. The molecule has 0 heterocycles. The highest BCUT2D eigenvalue weighted by molar-refractivity contribution is 5.57. The van der Waals surface area contributed by atoms with E-state index in [-0.39, 0.29) is 0 Å². The predicted molar refractivity (Wildman–Crippen MR) is 69.8 cm³/mol. The van der Waals surface area contributed by atoms with Crippen LogP contribution in [-0.2, 0) is 0 Å². The van der Waals surface area contributed by atoms with Crippen LogP contribution in [0.1, 0.15) is 26.3 Å². The molecular weight excluding hydrogens is 198 g/mol. The van der Waals surface area contributed by atoms with E-state index in [4.69, 9.17) is 4.74 Å². The molecule has 0 fully saturated rings. The third-order valence-electron chi connectivity index (χ3n) is 2.16. The van der Waals surface area contributed by atoms with Gasteiger partial charge in [-0.1, -0.05) is 44.2 Å². The molecule has 0 bridgehead atoms. The van der Waals surface area contributed by atoms with Crippen LogP contribution >= 0.6 is 0 Å². The fourth-order valence-corrected chi connectivity index (χ4v) is 1.39. The highest BCUT2D eigenvalue weighted by Gasteiger charge is 1.97. The monoisotopic (exact) mass is 219 g/mol. The standard InChI is InChI=1S/C14H21NO/c1-4-16-14-10-6-5-8-13(14)9-7-11-15-12(2)3/h5-10,12,15H,4,11H2,1-3H3. The predicted octanol–water partition coefficient (Wildman–Crippen LogP) is 3.10. The summed E-state index contributed by atoms with van der Waals surface area (Å²) in [6.07, 6.45) is 4.22. The number of nitrogens with one attached hydrogen (secondary N) is 1. The van der Waals surface area contributed by atoms with Gasteiger partial charge in [-0.15, -0.1) is 0 Å². The molecule has 0 radical (unpaired) electrons. The Morgan fingerprint density at radius 1 is 1.31 bits per heavy atom. The van der Waals surface area contributed by atoms with Gasteiger partial charge in [-0.3, -0.25) is 0 Å². The van der Waals surface area contributed by atoms with Crippen molar-refractivity contribution in [3.05, 3.63) is 35.9 Å². The van der Waals surface area contributed by atoms with Gasteiger partial charge in [0, 0.05) is 18.2 Å². The van der Waals surface area contributed by atoms with Crippen molar-refractivity contribution in [1.82, 2.24) is 5.32 Å². The Labute approximate surface area is 98.3 Å². The molecule has 0 aromatic heterocycles. The molecule has 0 aliphatic heterocycles. The largest absolute Gasteiger partial charge is 0.493 e. The van der Waals surface area contributed by atoms with Gasteiger partial charge in [0.25, 0.3) is 0 Å². The van der Waals surface area contributed by atoms with E-state index >= 15 is 0 Å². The van der Waals surface area contributed by atoms with Crippen LogP contribution in [0, 0.1) is 0 Å². The van der Waals surface area contributed by atoms with Gasteiger partial charge in [-0.25, -0.2) is 0 Å². The van der Waals surface area contributed by atoms with Crippen LogP contribution < -0.4 is 10.1 Å². The molecule has 0 aliphatic rings. The lowest BCUT2D eigenvalue weighted by Crippen LogP contribution is -2.22. The Bertz CT molecular complexity index is 331. The van der Waals surface area contributed by atoms with Gasteiger partial charge in [0.2, 0.25) is 0 Å². The van der Waals surface area contributed by atoms with Crippen molar-refractivity contribution in [1.29, 1.82) is 0 Å². The Hall–Kier alpha value is -1.28. The lowest BCUT2D eigenvalue weighted by Gasteiger charge is -2.07. The summed E-state index contributed by atoms with van der Waals surface area (Å²) in [5.74, 6) is 0.950. The molecule has 1 aromatic rings. The lowest BCUT2D eigenvalue weighted by atomic mass is 10.2. The summed E-state index contributed by atoms with van der Waals surface area (Å²) >= 11 is 0. The van der Waals surface area contributed by atoms with Gasteiger partial charge >= 0.3 is 0 Å². The lowest BCUT2D eigenvalue weighted by molar-refractivity contribution is 0.339. The molecule has 88 valence electrons. The molecule has 1 rings (SSSR count). The van der Waals surface area contributed by atoms with E-state index in [1.54, 1.807) is 0 Å². The highest BCUT2D eigenvalue weighted by atomic mass is 16.5. The van der Waals surface area contributed by atoms with Crippen molar-refractivity contribution in [2.75, 3.05) is 13.2 Å². The molecule has 0 saturated heterocycles. The number of para-hydroxylation sites is 1. The Morgan fingerprint density at radius 2 is 2.06 bits per heavy atom. The van der Waals surface area contributed by atoms with Gasteiger partial charge in [-0.2, -0.15) is 0 Å². The molecular formula is C14H21NO. The van der Waals surface area contributed by atoms with Crippen LogP contribution in [0.25, 0.3) is 6.08 Å². The summed E-state index contributed by atoms with van der Waals surface area (Å²) in [6, 6.07) is 8.61. The van der Waals surface area contributed by atoms with E-state index in [9.17, 15) is 0 Å². The van der Waals surface area contributed by atoms with Gasteiger partial charge in [-0.05, 0) is 13.0 Å². The van der Waals surface area contributed by atoms with Crippen molar-refractivity contribution >= 4 is 6.08 Å².